The Balaban J connectivity index is 2.35. The zero-order chi connectivity index (χ0) is 17.4. The van der Waals surface area contributed by atoms with Crippen LogP contribution in [0, 0.1) is 16.7 Å². The molecule has 0 saturated heterocycles. The summed E-state index contributed by atoms with van der Waals surface area (Å²) < 4.78 is 0. The molecule has 124 valence electrons. The summed E-state index contributed by atoms with van der Waals surface area (Å²) in [5, 5.41) is 8.78. The van der Waals surface area contributed by atoms with Crippen molar-refractivity contribution < 1.29 is 14.7 Å². The molecule has 0 radical (unpaired) electrons. The van der Waals surface area contributed by atoms with Crippen LogP contribution in [0.1, 0.15) is 34.6 Å². The van der Waals surface area contributed by atoms with Gasteiger partial charge in [0.15, 0.2) is 0 Å². The average Bonchev–Trinajstić information content (AvgIpc) is 2.87. The molecule has 1 N–H and O–H groups in total. The molecule has 1 aliphatic rings. The van der Waals surface area contributed by atoms with E-state index < -0.39 is 5.97 Å². The van der Waals surface area contributed by atoms with Crippen LogP contribution in [-0.4, -0.2) is 23.0 Å². The number of hydrogen-bond donors (Lipinski definition) is 1. The largest absolute Gasteiger partial charge is 0.478 e. The Bertz CT molecular complexity index is 617. The third kappa shape index (κ3) is 3.03. The van der Waals surface area contributed by atoms with Gasteiger partial charge in [-0.3, -0.25) is 4.79 Å². The first-order valence-electron chi connectivity index (χ1n) is 7.90. The molecule has 4 nitrogen and oxygen atoms in total. The van der Waals surface area contributed by atoms with Crippen LogP contribution in [0.15, 0.2) is 42.5 Å². The summed E-state index contributed by atoms with van der Waals surface area (Å²) in [5.41, 5.74) is 1.06. The van der Waals surface area contributed by atoms with Gasteiger partial charge in [0.1, 0.15) is 0 Å². The highest BCUT2D eigenvalue weighted by atomic mass is 16.4. The first kappa shape index (κ1) is 17.3. The van der Waals surface area contributed by atoms with Gasteiger partial charge in [-0.25, -0.2) is 4.79 Å². The van der Waals surface area contributed by atoms with Crippen LogP contribution in [0.5, 0.6) is 0 Å². The molecule has 1 saturated carbocycles. The number of aliphatic carboxylic acids is 1. The van der Waals surface area contributed by atoms with Crippen LogP contribution in [0.2, 0.25) is 0 Å². The molecular weight excluding hydrogens is 290 g/mol. The highest BCUT2D eigenvalue weighted by Gasteiger charge is 2.67. The Morgan fingerprint density at radius 3 is 2.04 bits per heavy atom. The fourth-order valence-electron chi connectivity index (χ4n) is 3.98. The fourth-order valence-corrected chi connectivity index (χ4v) is 3.98. The lowest BCUT2D eigenvalue weighted by atomic mass is 10.0. The first-order valence-corrected chi connectivity index (χ1v) is 7.90. The maximum Gasteiger partial charge on any atom is 0.328 e. The predicted octanol–water partition coefficient (Wildman–Crippen LogP) is 3.73. The second-order valence-electron chi connectivity index (χ2n) is 7.38. The number of nitrogens with zero attached hydrogens (tertiary/aromatic N) is 1. The highest BCUT2D eigenvalue weighted by Crippen LogP contribution is 2.70. The van der Waals surface area contributed by atoms with Crippen LogP contribution in [0.25, 0.3) is 0 Å². The van der Waals surface area contributed by atoms with E-state index in [0.29, 0.717) is 5.92 Å². The molecule has 0 heterocycles. The second-order valence-corrected chi connectivity index (χ2v) is 7.38. The number of amides is 1. The Hall–Kier alpha value is -2.10. The minimum Gasteiger partial charge on any atom is -0.478 e. The van der Waals surface area contributed by atoms with E-state index in [0.717, 1.165) is 17.8 Å². The van der Waals surface area contributed by atoms with Crippen LogP contribution in [0.3, 0.4) is 0 Å². The monoisotopic (exact) mass is 315 g/mol. The van der Waals surface area contributed by atoms with Gasteiger partial charge in [0.2, 0.25) is 0 Å². The summed E-state index contributed by atoms with van der Waals surface area (Å²) >= 11 is 0. The predicted molar refractivity (Wildman–Crippen MR) is 91.2 cm³/mol. The van der Waals surface area contributed by atoms with Crippen molar-refractivity contribution in [3.63, 3.8) is 0 Å². The van der Waals surface area contributed by atoms with Crippen molar-refractivity contribution >= 4 is 17.6 Å². The minimum absolute atomic E-state index is 0.0201. The van der Waals surface area contributed by atoms with E-state index in [2.05, 4.69) is 27.7 Å². The van der Waals surface area contributed by atoms with E-state index in [1.807, 2.05) is 37.3 Å². The molecule has 1 amide bonds. The molecule has 1 aromatic carbocycles. The number of rotatable bonds is 5. The van der Waals surface area contributed by atoms with Gasteiger partial charge in [0.25, 0.3) is 5.91 Å². The molecular formula is C19H25NO3. The van der Waals surface area contributed by atoms with Gasteiger partial charge in [0.05, 0.1) is 0 Å². The van der Waals surface area contributed by atoms with Gasteiger partial charge >= 0.3 is 5.97 Å². The van der Waals surface area contributed by atoms with Crippen molar-refractivity contribution in [3.05, 3.63) is 42.5 Å². The first-order chi connectivity index (χ1) is 10.6. The lowest BCUT2D eigenvalue weighted by Crippen LogP contribution is -2.40. The van der Waals surface area contributed by atoms with Crippen molar-refractivity contribution in [1.82, 2.24) is 0 Å². The van der Waals surface area contributed by atoms with Crippen molar-refractivity contribution in [1.29, 1.82) is 0 Å². The molecule has 0 spiro atoms. The zero-order valence-electron chi connectivity index (χ0n) is 14.4. The molecule has 23 heavy (non-hydrogen) atoms. The molecule has 1 unspecified atom stereocenters. The Labute approximate surface area is 137 Å². The van der Waals surface area contributed by atoms with Crippen LogP contribution >= 0.6 is 0 Å². The third-order valence-corrected chi connectivity index (χ3v) is 5.66. The molecule has 1 aromatic rings. The Morgan fingerprint density at radius 1 is 1.09 bits per heavy atom. The van der Waals surface area contributed by atoms with E-state index in [1.54, 1.807) is 4.90 Å². The average molecular weight is 315 g/mol. The van der Waals surface area contributed by atoms with Crippen molar-refractivity contribution in [2.75, 3.05) is 4.90 Å². The summed E-state index contributed by atoms with van der Waals surface area (Å²) in [6.07, 6.45) is 2.03. The van der Waals surface area contributed by atoms with Crippen LogP contribution < -0.4 is 4.90 Å². The number of carbonyl (C=O) groups is 2. The van der Waals surface area contributed by atoms with E-state index in [-0.39, 0.29) is 22.8 Å². The molecule has 1 aliphatic carbocycles. The Kier molecular flexibility index (Phi) is 4.38. The lowest BCUT2D eigenvalue weighted by molar-refractivity contribution is -0.131. The van der Waals surface area contributed by atoms with Gasteiger partial charge in [-0.05, 0) is 35.8 Å². The van der Waals surface area contributed by atoms with Crippen LogP contribution in [0.4, 0.5) is 5.69 Å². The van der Waals surface area contributed by atoms with Crippen molar-refractivity contribution in [2.45, 2.75) is 40.7 Å². The smallest absolute Gasteiger partial charge is 0.328 e. The normalized spacial score (nSPS) is 20.2. The lowest BCUT2D eigenvalue weighted by Gasteiger charge is -2.30. The number of para-hydroxylation sites is 1. The van der Waals surface area contributed by atoms with E-state index in [1.165, 1.54) is 0 Å². The second kappa shape index (κ2) is 5.84. The maximum atomic E-state index is 12.6. The molecule has 1 fully saturated rings. The number of carboxylic acid groups (broad SMARTS) is 1. The maximum absolute atomic E-state index is 12.6. The summed E-state index contributed by atoms with van der Waals surface area (Å²) in [4.78, 5) is 25.1. The van der Waals surface area contributed by atoms with E-state index >= 15 is 0 Å². The Morgan fingerprint density at radius 2 is 1.61 bits per heavy atom. The van der Waals surface area contributed by atoms with Gasteiger partial charge in [-0.15, -0.1) is 0 Å². The SMILES string of the molecule is CC(C1C(C)(C)C1(C)C)N(C(=O)C=CC(=O)O)c1ccccc1. The molecule has 1 atom stereocenters. The summed E-state index contributed by atoms with van der Waals surface area (Å²) in [6.45, 7) is 10.9. The number of benzene rings is 1. The van der Waals surface area contributed by atoms with Gasteiger partial charge in [0, 0.05) is 23.9 Å². The molecule has 2 rings (SSSR count). The van der Waals surface area contributed by atoms with Gasteiger partial charge in [-0.1, -0.05) is 45.9 Å². The highest BCUT2D eigenvalue weighted by molar-refractivity contribution is 6.04. The zero-order valence-corrected chi connectivity index (χ0v) is 14.4. The molecule has 0 aliphatic heterocycles. The fraction of sp³-hybridized carbons (Fsp3) is 0.474. The topological polar surface area (TPSA) is 57.6 Å². The standard InChI is InChI=1S/C19H25NO3/c1-13(17-18(2,3)19(17,4)5)20(14-9-7-6-8-10-14)15(21)11-12-16(22)23/h6-13,17H,1-5H3,(H,22,23). The molecule has 0 bridgehead atoms. The van der Waals surface area contributed by atoms with Crippen molar-refractivity contribution in [3.8, 4) is 0 Å². The molecule has 4 heteroatoms. The quantitative estimate of drug-likeness (QED) is 0.842. The number of carbonyl (C=O) groups excluding carboxylic acids is 1. The number of anilines is 1. The summed E-state index contributed by atoms with van der Waals surface area (Å²) in [6, 6.07) is 9.40. The minimum atomic E-state index is -1.12. The van der Waals surface area contributed by atoms with Gasteiger partial charge < -0.3 is 10.0 Å². The van der Waals surface area contributed by atoms with E-state index in [4.69, 9.17) is 5.11 Å². The van der Waals surface area contributed by atoms with E-state index in [9.17, 15) is 9.59 Å². The third-order valence-electron chi connectivity index (χ3n) is 5.66. The van der Waals surface area contributed by atoms with Crippen molar-refractivity contribution in [2.24, 2.45) is 16.7 Å². The van der Waals surface area contributed by atoms with Crippen LogP contribution in [-0.2, 0) is 9.59 Å². The summed E-state index contributed by atoms with van der Waals surface area (Å²) in [5.74, 6) is -1.08. The summed E-state index contributed by atoms with van der Waals surface area (Å²) in [7, 11) is 0. The molecule has 0 aromatic heterocycles. The number of hydrogen-bond acceptors (Lipinski definition) is 2. The van der Waals surface area contributed by atoms with Gasteiger partial charge in [-0.2, -0.15) is 0 Å². The number of carboxylic acids is 1.